The largest absolute Gasteiger partial charge is 0.493 e. The van der Waals surface area contributed by atoms with Crippen LogP contribution in [0.2, 0.25) is 0 Å². The van der Waals surface area contributed by atoms with Crippen LogP contribution in [0.4, 0.5) is 0 Å². The van der Waals surface area contributed by atoms with Crippen molar-refractivity contribution in [3.63, 3.8) is 0 Å². The van der Waals surface area contributed by atoms with Crippen LogP contribution in [0.5, 0.6) is 17.2 Å². The number of methoxy groups -OCH3 is 3. The molecule has 0 amide bonds. The first-order valence-corrected chi connectivity index (χ1v) is 9.15. The van der Waals surface area contributed by atoms with E-state index in [1.165, 1.54) is 5.56 Å². The van der Waals surface area contributed by atoms with Crippen LogP contribution in [-0.4, -0.2) is 52.6 Å². The molecule has 4 rings (SSSR count). The Hall–Kier alpha value is -3.14. The van der Waals surface area contributed by atoms with Crippen LogP contribution in [0.25, 0.3) is 11.5 Å². The number of aromatic nitrogens is 5. The fraction of sp³-hybridized carbons (Fsp3) is 0.333. The zero-order valence-electron chi connectivity index (χ0n) is 15.8. The van der Waals surface area contributed by atoms with Gasteiger partial charge in [-0.1, -0.05) is 0 Å². The van der Waals surface area contributed by atoms with Crippen molar-refractivity contribution in [2.75, 3.05) is 21.3 Å². The molecule has 2 heterocycles. The van der Waals surface area contributed by atoms with Crippen molar-refractivity contribution in [2.24, 2.45) is 5.10 Å². The van der Waals surface area contributed by atoms with E-state index in [2.05, 4.69) is 25.5 Å². The quantitative estimate of drug-likeness (QED) is 0.487. The van der Waals surface area contributed by atoms with Crippen LogP contribution in [0, 0.1) is 4.77 Å². The van der Waals surface area contributed by atoms with Gasteiger partial charge in [0.1, 0.15) is 5.69 Å². The standard InChI is InChI=1S/C18H20N6O3S/c1-25-13-7-10(8-14(26-2)16(13)27-3)9-19-24-17(22-23-18(24)28)15-11-5-4-6-12(11)20-21-15/h7-9H,4-6H2,1-3H3,(H,20,21)(H,23,28)/b19-9-. The van der Waals surface area contributed by atoms with Gasteiger partial charge in [-0.3, -0.25) is 5.10 Å². The molecule has 0 bridgehead atoms. The van der Waals surface area contributed by atoms with Crippen molar-refractivity contribution in [2.45, 2.75) is 19.3 Å². The van der Waals surface area contributed by atoms with E-state index in [4.69, 9.17) is 26.4 Å². The first kappa shape index (κ1) is 18.2. The van der Waals surface area contributed by atoms with E-state index >= 15 is 0 Å². The summed E-state index contributed by atoms with van der Waals surface area (Å²) in [5.74, 6) is 2.19. The number of fused-ring (bicyclic) bond motifs is 1. The summed E-state index contributed by atoms with van der Waals surface area (Å²) < 4.78 is 18.1. The molecule has 10 heteroatoms. The third kappa shape index (κ3) is 3.05. The van der Waals surface area contributed by atoms with Crippen LogP contribution >= 0.6 is 12.2 Å². The minimum absolute atomic E-state index is 0.383. The number of rotatable bonds is 6. The molecule has 0 saturated heterocycles. The van der Waals surface area contributed by atoms with E-state index in [9.17, 15) is 0 Å². The summed E-state index contributed by atoms with van der Waals surface area (Å²) in [7, 11) is 4.70. The fourth-order valence-electron chi connectivity index (χ4n) is 3.36. The molecule has 0 atom stereocenters. The number of H-pyrrole nitrogens is 2. The topological polar surface area (TPSA) is 102 Å². The van der Waals surface area contributed by atoms with Crippen molar-refractivity contribution in [1.82, 2.24) is 25.1 Å². The average molecular weight is 400 g/mol. The molecule has 0 fully saturated rings. The number of hydrogen-bond acceptors (Lipinski definition) is 7. The van der Waals surface area contributed by atoms with Crippen molar-refractivity contribution in [1.29, 1.82) is 0 Å². The van der Waals surface area contributed by atoms with Gasteiger partial charge in [0, 0.05) is 16.8 Å². The van der Waals surface area contributed by atoms with E-state index in [0.717, 1.165) is 36.2 Å². The molecule has 2 aromatic heterocycles. The Morgan fingerprint density at radius 2 is 1.82 bits per heavy atom. The van der Waals surface area contributed by atoms with Gasteiger partial charge in [-0.15, -0.1) is 0 Å². The highest BCUT2D eigenvalue weighted by molar-refractivity contribution is 7.71. The normalized spacial score (nSPS) is 13.1. The summed E-state index contributed by atoms with van der Waals surface area (Å²) in [5.41, 5.74) is 3.88. The lowest BCUT2D eigenvalue weighted by atomic mass is 10.2. The van der Waals surface area contributed by atoms with E-state index < -0.39 is 0 Å². The summed E-state index contributed by atoms with van der Waals surface area (Å²) in [6.45, 7) is 0. The highest BCUT2D eigenvalue weighted by atomic mass is 32.1. The van der Waals surface area contributed by atoms with Gasteiger partial charge in [0.25, 0.3) is 0 Å². The molecule has 28 heavy (non-hydrogen) atoms. The molecule has 0 aliphatic heterocycles. The summed E-state index contributed by atoms with van der Waals surface area (Å²) in [5, 5.41) is 19.1. The molecule has 0 saturated carbocycles. The van der Waals surface area contributed by atoms with Crippen LogP contribution in [0.3, 0.4) is 0 Å². The SMILES string of the molecule is COc1cc(/C=N\n2c(-c3n[nH]c4c3CCC4)n[nH]c2=S)cc(OC)c1OC. The van der Waals surface area contributed by atoms with Crippen molar-refractivity contribution >= 4 is 18.4 Å². The van der Waals surface area contributed by atoms with Gasteiger partial charge in [-0.25, -0.2) is 5.10 Å². The predicted octanol–water partition coefficient (Wildman–Crippen LogP) is 2.73. The van der Waals surface area contributed by atoms with Crippen molar-refractivity contribution in [3.8, 4) is 28.8 Å². The molecule has 0 radical (unpaired) electrons. The zero-order valence-corrected chi connectivity index (χ0v) is 16.6. The Balaban J connectivity index is 1.73. The average Bonchev–Trinajstić information content (AvgIpc) is 3.41. The van der Waals surface area contributed by atoms with Crippen LogP contribution in [-0.2, 0) is 12.8 Å². The minimum Gasteiger partial charge on any atom is -0.493 e. The number of aryl methyl sites for hydroxylation is 1. The maximum Gasteiger partial charge on any atom is 0.216 e. The first-order chi connectivity index (χ1) is 13.7. The summed E-state index contributed by atoms with van der Waals surface area (Å²) in [4.78, 5) is 0. The number of nitrogens with one attached hydrogen (secondary N) is 2. The van der Waals surface area contributed by atoms with Gasteiger partial charge in [0.15, 0.2) is 11.5 Å². The maximum absolute atomic E-state index is 5.39. The second kappa shape index (κ2) is 7.47. The Morgan fingerprint density at radius 3 is 2.50 bits per heavy atom. The minimum atomic E-state index is 0.383. The maximum atomic E-state index is 5.39. The third-order valence-electron chi connectivity index (χ3n) is 4.68. The highest BCUT2D eigenvalue weighted by Gasteiger charge is 2.23. The Kier molecular flexibility index (Phi) is 4.86. The second-order valence-electron chi connectivity index (χ2n) is 6.25. The van der Waals surface area contributed by atoms with Gasteiger partial charge in [-0.05, 0) is 43.6 Å². The van der Waals surface area contributed by atoms with Gasteiger partial charge in [0.2, 0.25) is 16.3 Å². The molecule has 0 unspecified atom stereocenters. The molecular formula is C18H20N6O3S. The molecule has 1 aliphatic carbocycles. The molecule has 0 spiro atoms. The van der Waals surface area contributed by atoms with Crippen molar-refractivity contribution in [3.05, 3.63) is 33.7 Å². The number of ether oxygens (including phenoxy) is 3. The molecule has 2 N–H and O–H groups in total. The van der Waals surface area contributed by atoms with E-state index in [1.54, 1.807) is 44.4 Å². The lowest BCUT2D eigenvalue weighted by Gasteiger charge is -2.12. The summed E-state index contributed by atoms with van der Waals surface area (Å²) in [6.07, 6.45) is 4.74. The van der Waals surface area contributed by atoms with Crippen LogP contribution in [0.1, 0.15) is 23.2 Å². The molecule has 3 aromatic rings. The number of aromatic amines is 2. The zero-order chi connectivity index (χ0) is 19.7. The van der Waals surface area contributed by atoms with Crippen molar-refractivity contribution < 1.29 is 14.2 Å². The molecule has 9 nitrogen and oxygen atoms in total. The van der Waals surface area contributed by atoms with Gasteiger partial charge >= 0.3 is 0 Å². The Bertz CT molecular complexity index is 1070. The third-order valence-corrected chi connectivity index (χ3v) is 4.94. The number of benzene rings is 1. The van der Waals surface area contributed by atoms with E-state index in [-0.39, 0.29) is 0 Å². The highest BCUT2D eigenvalue weighted by Crippen LogP contribution is 2.37. The van der Waals surface area contributed by atoms with Crippen LogP contribution in [0.15, 0.2) is 17.2 Å². The fourth-order valence-corrected chi connectivity index (χ4v) is 3.54. The molecule has 1 aliphatic rings. The summed E-state index contributed by atoms with van der Waals surface area (Å²) in [6, 6.07) is 3.61. The Labute approximate surface area is 166 Å². The molecular weight excluding hydrogens is 380 g/mol. The first-order valence-electron chi connectivity index (χ1n) is 8.74. The Morgan fingerprint density at radius 1 is 1.07 bits per heavy atom. The van der Waals surface area contributed by atoms with Crippen LogP contribution < -0.4 is 14.2 Å². The predicted molar refractivity (Wildman–Crippen MR) is 106 cm³/mol. The van der Waals surface area contributed by atoms with Gasteiger partial charge in [0.05, 0.1) is 27.5 Å². The van der Waals surface area contributed by atoms with E-state index in [0.29, 0.717) is 27.8 Å². The number of nitrogens with zero attached hydrogens (tertiary/aromatic N) is 4. The monoisotopic (exact) mass is 400 g/mol. The lowest BCUT2D eigenvalue weighted by molar-refractivity contribution is 0.324. The number of hydrogen-bond donors (Lipinski definition) is 2. The second-order valence-corrected chi connectivity index (χ2v) is 6.64. The molecule has 146 valence electrons. The molecule has 1 aromatic carbocycles. The lowest BCUT2D eigenvalue weighted by Crippen LogP contribution is -1.99. The van der Waals surface area contributed by atoms with E-state index in [1.807, 2.05) is 0 Å². The van der Waals surface area contributed by atoms with Gasteiger partial charge in [-0.2, -0.15) is 20.0 Å². The summed E-state index contributed by atoms with van der Waals surface area (Å²) >= 11 is 5.35. The smallest absolute Gasteiger partial charge is 0.216 e. The van der Waals surface area contributed by atoms with Gasteiger partial charge < -0.3 is 14.2 Å².